The number of hydrogen-bond donors (Lipinski definition) is 1. The fraction of sp³-hybridized carbons (Fsp3) is 0.217. The Morgan fingerprint density at radius 1 is 0.857 bits per heavy atom. The van der Waals surface area contributed by atoms with E-state index in [-0.39, 0.29) is 0 Å². The van der Waals surface area contributed by atoms with Crippen LogP contribution in [0.2, 0.25) is 0 Å². The normalized spacial score (nSPS) is 16.7. The number of nitrogens with one attached hydrogen (secondary N) is 1. The first-order valence-electron chi connectivity index (χ1n) is 9.68. The summed E-state index contributed by atoms with van der Waals surface area (Å²) >= 11 is 0. The van der Waals surface area contributed by atoms with E-state index in [2.05, 4.69) is 29.4 Å². The molecule has 0 saturated carbocycles. The largest absolute Gasteiger partial charge is 0.361 e. The topological polar surface area (TPSA) is 53.2 Å². The molecule has 0 bridgehead atoms. The molecule has 2 heterocycles. The number of aromatic amines is 1. The van der Waals surface area contributed by atoms with Gasteiger partial charge in [0.05, 0.1) is 4.90 Å². The number of hydrogen-bond acceptors (Lipinski definition) is 2. The number of sulfonamides is 1. The highest BCUT2D eigenvalue weighted by Gasteiger charge is 2.30. The van der Waals surface area contributed by atoms with Gasteiger partial charge in [0.25, 0.3) is 0 Å². The van der Waals surface area contributed by atoms with Crippen molar-refractivity contribution in [3.8, 4) is 0 Å². The molecule has 28 heavy (non-hydrogen) atoms. The maximum Gasteiger partial charge on any atom is 0.243 e. The Kier molecular flexibility index (Phi) is 4.22. The van der Waals surface area contributed by atoms with E-state index in [4.69, 9.17) is 0 Å². The maximum absolute atomic E-state index is 13.2. The molecule has 1 N–H and O–H groups in total. The zero-order chi connectivity index (χ0) is 19.1. The fourth-order valence-corrected chi connectivity index (χ4v) is 5.82. The molecule has 5 heteroatoms. The number of benzene rings is 3. The van der Waals surface area contributed by atoms with Crippen LogP contribution in [0.3, 0.4) is 0 Å². The highest BCUT2D eigenvalue weighted by molar-refractivity contribution is 7.89. The Morgan fingerprint density at radius 3 is 2.39 bits per heavy atom. The molecule has 0 atom stereocenters. The lowest BCUT2D eigenvalue weighted by molar-refractivity contribution is 0.320. The number of rotatable bonds is 3. The van der Waals surface area contributed by atoms with Crippen LogP contribution < -0.4 is 0 Å². The van der Waals surface area contributed by atoms with Gasteiger partial charge in [0, 0.05) is 30.2 Å². The molecule has 0 amide bonds. The molecule has 1 aliphatic heterocycles. The zero-order valence-electron chi connectivity index (χ0n) is 15.5. The monoisotopic (exact) mass is 390 g/mol. The summed E-state index contributed by atoms with van der Waals surface area (Å²) in [6.45, 7) is 1.11. The van der Waals surface area contributed by atoms with Crippen LogP contribution in [0.1, 0.15) is 24.3 Å². The number of fused-ring (bicyclic) bond motifs is 2. The SMILES string of the molecule is O=S(=O)(c1ccc2ccccc2c1)N1CCC(c2c[nH]c3ccccc23)CC1. The second-order valence-electron chi connectivity index (χ2n) is 7.48. The Morgan fingerprint density at radius 2 is 1.57 bits per heavy atom. The molecule has 4 nitrogen and oxygen atoms in total. The highest BCUT2D eigenvalue weighted by Crippen LogP contribution is 2.35. The molecule has 142 valence electrons. The van der Waals surface area contributed by atoms with Gasteiger partial charge in [0.15, 0.2) is 0 Å². The number of aromatic nitrogens is 1. The minimum Gasteiger partial charge on any atom is -0.361 e. The van der Waals surface area contributed by atoms with Crippen LogP contribution in [0.4, 0.5) is 0 Å². The average Bonchev–Trinajstić information content (AvgIpc) is 3.17. The van der Waals surface area contributed by atoms with Crippen LogP contribution in [0.5, 0.6) is 0 Å². The first-order valence-corrected chi connectivity index (χ1v) is 11.1. The van der Waals surface area contributed by atoms with E-state index in [1.165, 1.54) is 10.9 Å². The van der Waals surface area contributed by atoms with Gasteiger partial charge in [0.1, 0.15) is 0 Å². The number of H-pyrrole nitrogens is 1. The Balaban J connectivity index is 1.38. The van der Waals surface area contributed by atoms with E-state index in [0.29, 0.717) is 23.9 Å². The van der Waals surface area contributed by atoms with E-state index in [1.807, 2.05) is 36.4 Å². The first-order chi connectivity index (χ1) is 13.6. The molecule has 4 aromatic rings. The van der Waals surface area contributed by atoms with Crippen LogP contribution in [0.25, 0.3) is 21.7 Å². The lowest BCUT2D eigenvalue weighted by Gasteiger charge is -2.31. The van der Waals surface area contributed by atoms with Crippen molar-refractivity contribution in [3.63, 3.8) is 0 Å². The van der Waals surface area contributed by atoms with Gasteiger partial charge >= 0.3 is 0 Å². The van der Waals surface area contributed by atoms with Crippen molar-refractivity contribution < 1.29 is 8.42 Å². The number of para-hydroxylation sites is 1. The number of nitrogens with zero attached hydrogens (tertiary/aromatic N) is 1. The minimum absolute atomic E-state index is 0.386. The summed E-state index contributed by atoms with van der Waals surface area (Å²) in [5.41, 5.74) is 2.45. The van der Waals surface area contributed by atoms with E-state index < -0.39 is 10.0 Å². The number of piperidine rings is 1. The van der Waals surface area contributed by atoms with Crippen LogP contribution in [0.15, 0.2) is 77.8 Å². The van der Waals surface area contributed by atoms with E-state index in [0.717, 1.165) is 29.1 Å². The molecule has 0 spiro atoms. The summed E-state index contributed by atoms with van der Waals surface area (Å²) in [6, 6.07) is 21.6. The molecular formula is C23H22N2O2S. The molecule has 1 aliphatic rings. The van der Waals surface area contributed by atoms with Crippen molar-refractivity contribution in [2.75, 3.05) is 13.1 Å². The molecule has 3 aromatic carbocycles. The Hall–Kier alpha value is -2.63. The summed E-state index contributed by atoms with van der Waals surface area (Å²) < 4.78 is 28.0. The minimum atomic E-state index is -3.46. The van der Waals surface area contributed by atoms with Crippen molar-refractivity contribution in [2.24, 2.45) is 0 Å². The second-order valence-corrected chi connectivity index (χ2v) is 9.41. The second kappa shape index (κ2) is 6.76. The van der Waals surface area contributed by atoms with Crippen LogP contribution in [0, 0.1) is 0 Å². The lowest BCUT2D eigenvalue weighted by Crippen LogP contribution is -2.37. The quantitative estimate of drug-likeness (QED) is 0.541. The first kappa shape index (κ1) is 17.5. The third kappa shape index (κ3) is 2.91. The summed E-state index contributed by atoms with van der Waals surface area (Å²) in [6.07, 6.45) is 3.77. The van der Waals surface area contributed by atoms with Gasteiger partial charge in [-0.3, -0.25) is 0 Å². The van der Waals surface area contributed by atoms with Gasteiger partial charge in [-0.1, -0.05) is 48.5 Å². The summed E-state index contributed by atoms with van der Waals surface area (Å²) in [5, 5.41) is 3.26. The standard InChI is InChI=1S/C23H22N2O2S/c26-28(27,20-10-9-17-5-1-2-6-19(17)15-20)25-13-11-18(12-14-25)22-16-24-23-8-4-3-7-21(22)23/h1-10,15-16,18,24H,11-14H2. The van der Waals surface area contributed by atoms with E-state index >= 15 is 0 Å². The van der Waals surface area contributed by atoms with Crippen LogP contribution >= 0.6 is 0 Å². The van der Waals surface area contributed by atoms with E-state index in [1.54, 1.807) is 16.4 Å². The Labute approximate surface area is 164 Å². The van der Waals surface area contributed by atoms with Gasteiger partial charge in [-0.05, 0) is 53.3 Å². The van der Waals surface area contributed by atoms with Crippen molar-refractivity contribution in [1.29, 1.82) is 0 Å². The highest BCUT2D eigenvalue weighted by atomic mass is 32.2. The van der Waals surface area contributed by atoms with Gasteiger partial charge in [-0.2, -0.15) is 4.31 Å². The predicted octanol–water partition coefficient (Wildman–Crippen LogP) is 4.89. The predicted molar refractivity (Wildman–Crippen MR) is 113 cm³/mol. The molecule has 1 aromatic heterocycles. The van der Waals surface area contributed by atoms with Gasteiger partial charge < -0.3 is 4.98 Å². The van der Waals surface area contributed by atoms with Gasteiger partial charge in [-0.15, -0.1) is 0 Å². The van der Waals surface area contributed by atoms with Crippen LogP contribution in [-0.2, 0) is 10.0 Å². The molecule has 5 rings (SSSR count). The molecule has 1 saturated heterocycles. The summed E-state index contributed by atoms with van der Waals surface area (Å²) in [7, 11) is -3.46. The third-order valence-electron chi connectivity index (χ3n) is 5.87. The maximum atomic E-state index is 13.2. The smallest absolute Gasteiger partial charge is 0.243 e. The van der Waals surface area contributed by atoms with Gasteiger partial charge in [-0.25, -0.2) is 8.42 Å². The average molecular weight is 391 g/mol. The van der Waals surface area contributed by atoms with Crippen molar-refractivity contribution in [3.05, 3.63) is 78.5 Å². The third-order valence-corrected chi connectivity index (χ3v) is 7.77. The van der Waals surface area contributed by atoms with Crippen molar-refractivity contribution in [2.45, 2.75) is 23.7 Å². The van der Waals surface area contributed by atoms with Crippen molar-refractivity contribution in [1.82, 2.24) is 9.29 Å². The molecule has 0 unspecified atom stereocenters. The van der Waals surface area contributed by atoms with Gasteiger partial charge in [0.2, 0.25) is 10.0 Å². The molecule has 1 fully saturated rings. The molecule has 0 radical (unpaired) electrons. The molecule has 0 aliphatic carbocycles. The van der Waals surface area contributed by atoms with E-state index in [9.17, 15) is 8.42 Å². The van der Waals surface area contributed by atoms with Crippen LogP contribution in [-0.4, -0.2) is 30.8 Å². The molecular weight excluding hydrogens is 368 g/mol. The Bertz CT molecular complexity index is 1250. The summed E-state index contributed by atoms with van der Waals surface area (Å²) in [4.78, 5) is 3.72. The summed E-state index contributed by atoms with van der Waals surface area (Å²) in [5.74, 6) is 0.388. The fourth-order valence-electron chi connectivity index (χ4n) is 4.32. The van der Waals surface area contributed by atoms with Crippen molar-refractivity contribution >= 4 is 31.7 Å². The lowest BCUT2D eigenvalue weighted by atomic mass is 9.90. The zero-order valence-corrected chi connectivity index (χ0v) is 16.3.